The Hall–Kier alpha value is -1.72. The fourth-order valence-corrected chi connectivity index (χ4v) is 3.05. The van der Waals surface area contributed by atoms with Crippen LogP contribution in [0.4, 0.5) is 0 Å². The van der Waals surface area contributed by atoms with Crippen LogP contribution in [0.2, 0.25) is 0 Å². The lowest BCUT2D eigenvalue weighted by Crippen LogP contribution is -2.48. The first kappa shape index (κ1) is 13.3. The van der Waals surface area contributed by atoms with Crippen molar-refractivity contribution in [3.05, 3.63) is 52.0 Å². The van der Waals surface area contributed by atoms with Gasteiger partial charge in [0, 0.05) is 31.1 Å². The van der Waals surface area contributed by atoms with Gasteiger partial charge in [-0.1, -0.05) is 30.3 Å². The van der Waals surface area contributed by atoms with E-state index < -0.39 is 0 Å². The number of carbonyl (C=O) groups is 1. The molecule has 1 aliphatic rings. The highest BCUT2D eigenvalue weighted by Gasteiger charge is 2.26. The molecule has 0 unspecified atom stereocenters. The molecule has 20 heavy (non-hydrogen) atoms. The first-order chi connectivity index (χ1) is 9.74. The number of piperazine rings is 1. The van der Waals surface area contributed by atoms with Gasteiger partial charge in [-0.2, -0.15) is 0 Å². The van der Waals surface area contributed by atoms with Crippen LogP contribution in [0, 0.1) is 6.92 Å². The van der Waals surface area contributed by atoms with Crippen molar-refractivity contribution in [3.63, 3.8) is 0 Å². The van der Waals surface area contributed by atoms with Gasteiger partial charge in [0.25, 0.3) is 5.91 Å². The summed E-state index contributed by atoms with van der Waals surface area (Å²) in [6.45, 7) is 4.17. The third-order valence-electron chi connectivity index (χ3n) is 3.50. The molecule has 3 rings (SSSR count). The standard InChI is InChI=1S/C15H17N3OS/c1-11-17-14(10-20-11)15(19)18-8-7-16-13(9-18)12-5-3-2-4-6-12/h2-6,10,13,16H,7-9H2,1H3/t13-/m1/s1. The maximum atomic E-state index is 12.4. The molecule has 1 atom stereocenters. The van der Waals surface area contributed by atoms with Crippen LogP contribution < -0.4 is 5.32 Å². The number of aryl methyl sites for hydroxylation is 1. The van der Waals surface area contributed by atoms with Crippen LogP contribution in [0.3, 0.4) is 0 Å². The Morgan fingerprint density at radius 3 is 2.90 bits per heavy atom. The second-order valence-electron chi connectivity index (χ2n) is 4.92. The molecule has 0 bridgehead atoms. The lowest BCUT2D eigenvalue weighted by Gasteiger charge is -2.33. The van der Waals surface area contributed by atoms with Gasteiger partial charge < -0.3 is 10.2 Å². The van der Waals surface area contributed by atoms with Crippen molar-refractivity contribution in [1.29, 1.82) is 0 Å². The number of benzene rings is 1. The first-order valence-corrected chi connectivity index (χ1v) is 7.62. The van der Waals surface area contributed by atoms with Crippen molar-refractivity contribution in [3.8, 4) is 0 Å². The van der Waals surface area contributed by atoms with Gasteiger partial charge in [0.2, 0.25) is 0 Å². The number of amides is 1. The van der Waals surface area contributed by atoms with Gasteiger partial charge in [0.15, 0.2) is 0 Å². The minimum atomic E-state index is 0.0387. The van der Waals surface area contributed by atoms with E-state index in [1.165, 1.54) is 16.9 Å². The van der Waals surface area contributed by atoms with Gasteiger partial charge in [0.05, 0.1) is 5.01 Å². The molecule has 1 N–H and O–H groups in total. The summed E-state index contributed by atoms with van der Waals surface area (Å²) in [7, 11) is 0. The predicted octanol–water partition coefficient (Wildman–Crippen LogP) is 2.24. The molecule has 2 heterocycles. The fraction of sp³-hybridized carbons (Fsp3) is 0.333. The van der Waals surface area contributed by atoms with E-state index in [0.717, 1.165) is 18.1 Å². The largest absolute Gasteiger partial charge is 0.334 e. The number of hydrogen-bond acceptors (Lipinski definition) is 4. The molecule has 0 aliphatic carbocycles. The summed E-state index contributed by atoms with van der Waals surface area (Å²) in [5.74, 6) is 0.0387. The summed E-state index contributed by atoms with van der Waals surface area (Å²) in [5.41, 5.74) is 1.79. The Bertz CT molecular complexity index is 596. The van der Waals surface area contributed by atoms with Gasteiger partial charge in [0.1, 0.15) is 5.69 Å². The SMILES string of the molecule is Cc1nc(C(=O)N2CCN[C@@H](c3ccccc3)C2)cs1. The number of aromatic nitrogens is 1. The molecule has 1 aromatic heterocycles. The summed E-state index contributed by atoms with van der Waals surface area (Å²) < 4.78 is 0. The van der Waals surface area contributed by atoms with E-state index >= 15 is 0 Å². The van der Waals surface area contributed by atoms with E-state index in [1.807, 2.05) is 35.4 Å². The maximum absolute atomic E-state index is 12.4. The van der Waals surface area contributed by atoms with Gasteiger partial charge in [-0.3, -0.25) is 4.79 Å². The van der Waals surface area contributed by atoms with Crippen LogP contribution >= 0.6 is 11.3 Å². The Morgan fingerprint density at radius 2 is 2.20 bits per heavy atom. The molecule has 0 saturated carbocycles. The quantitative estimate of drug-likeness (QED) is 0.921. The Balaban J connectivity index is 1.74. The summed E-state index contributed by atoms with van der Waals surface area (Å²) in [6, 6.07) is 10.5. The molecule has 0 spiro atoms. The Kier molecular flexibility index (Phi) is 3.80. The van der Waals surface area contributed by atoms with Crippen molar-refractivity contribution in [2.45, 2.75) is 13.0 Å². The van der Waals surface area contributed by atoms with Crippen LogP contribution in [0.5, 0.6) is 0 Å². The van der Waals surface area contributed by atoms with Crippen molar-refractivity contribution < 1.29 is 4.79 Å². The molecule has 1 saturated heterocycles. The highest BCUT2D eigenvalue weighted by Crippen LogP contribution is 2.19. The molecule has 4 nitrogen and oxygen atoms in total. The average molecular weight is 287 g/mol. The van der Waals surface area contributed by atoms with E-state index in [2.05, 4.69) is 22.4 Å². The van der Waals surface area contributed by atoms with Crippen LogP contribution in [-0.4, -0.2) is 35.4 Å². The Morgan fingerprint density at radius 1 is 1.40 bits per heavy atom. The molecule has 1 fully saturated rings. The number of nitrogens with zero attached hydrogens (tertiary/aromatic N) is 2. The summed E-state index contributed by atoms with van der Waals surface area (Å²) >= 11 is 1.52. The lowest BCUT2D eigenvalue weighted by molar-refractivity contribution is 0.0697. The first-order valence-electron chi connectivity index (χ1n) is 6.74. The number of carbonyl (C=O) groups excluding carboxylic acids is 1. The number of rotatable bonds is 2. The fourth-order valence-electron chi connectivity index (χ4n) is 2.47. The van der Waals surface area contributed by atoms with Crippen molar-refractivity contribution in [1.82, 2.24) is 15.2 Å². The van der Waals surface area contributed by atoms with Gasteiger partial charge >= 0.3 is 0 Å². The highest BCUT2D eigenvalue weighted by molar-refractivity contribution is 7.09. The van der Waals surface area contributed by atoms with E-state index in [0.29, 0.717) is 12.2 Å². The van der Waals surface area contributed by atoms with Crippen molar-refractivity contribution >= 4 is 17.2 Å². The third kappa shape index (κ3) is 2.73. The van der Waals surface area contributed by atoms with Gasteiger partial charge in [-0.05, 0) is 12.5 Å². The van der Waals surface area contributed by atoms with Crippen LogP contribution in [0.1, 0.15) is 27.1 Å². The minimum absolute atomic E-state index is 0.0387. The van der Waals surface area contributed by atoms with Crippen LogP contribution in [0.15, 0.2) is 35.7 Å². The molecule has 104 valence electrons. The molecular weight excluding hydrogens is 270 g/mol. The zero-order chi connectivity index (χ0) is 13.9. The molecule has 1 aliphatic heterocycles. The summed E-state index contributed by atoms with van der Waals surface area (Å²) in [5, 5.41) is 6.24. The maximum Gasteiger partial charge on any atom is 0.273 e. The van der Waals surface area contributed by atoms with Crippen LogP contribution in [-0.2, 0) is 0 Å². The zero-order valence-electron chi connectivity index (χ0n) is 11.4. The summed E-state index contributed by atoms with van der Waals surface area (Å²) in [6.07, 6.45) is 0. The van der Waals surface area contributed by atoms with E-state index in [1.54, 1.807) is 0 Å². The second-order valence-corrected chi connectivity index (χ2v) is 5.98. The molecule has 1 aromatic carbocycles. The van der Waals surface area contributed by atoms with Gasteiger partial charge in [-0.15, -0.1) is 11.3 Å². The predicted molar refractivity (Wildman–Crippen MR) is 79.9 cm³/mol. The van der Waals surface area contributed by atoms with Crippen molar-refractivity contribution in [2.24, 2.45) is 0 Å². The normalized spacial score (nSPS) is 19.1. The van der Waals surface area contributed by atoms with Crippen LogP contribution in [0.25, 0.3) is 0 Å². The second kappa shape index (κ2) is 5.73. The molecule has 1 amide bonds. The number of thiazole rings is 1. The van der Waals surface area contributed by atoms with Gasteiger partial charge in [-0.25, -0.2) is 4.98 Å². The summed E-state index contributed by atoms with van der Waals surface area (Å²) in [4.78, 5) is 18.6. The molecule has 5 heteroatoms. The Labute approximate surface area is 122 Å². The number of hydrogen-bond donors (Lipinski definition) is 1. The smallest absolute Gasteiger partial charge is 0.273 e. The molecule has 0 radical (unpaired) electrons. The monoisotopic (exact) mass is 287 g/mol. The van der Waals surface area contributed by atoms with E-state index in [-0.39, 0.29) is 11.9 Å². The molecule has 2 aromatic rings. The number of nitrogens with one attached hydrogen (secondary N) is 1. The topological polar surface area (TPSA) is 45.2 Å². The van der Waals surface area contributed by atoms with E-state index in [9.17, 15) is 4.79 Å². The lowest BCUT2D eigenvalue weighted by atomic mass is 10.0. The average Bonchev–Trinajstić information content (AvgIpc) is 2.94. The third-order valence-corrected chi connectivity index (χ3v) is 4.28. The highest BCUT2D eigenvalue weighted by atomic mass is 32.1. The zero-order valence-corrected chi connectivity index (χ0v) is 12.2. The van der Waals surface area contributed by atoms with Crippen molar-refractivity contribution in [2.75, 3.05) is 19.6 Å². The minimum Gasteiger partial charge on any atom is -0.334 e. The van der Waals surface area contributed by atoms with E-state index in [4.69, 9.17) is 0 Å². The molecular formula is C15H17N3OS.